The van der Waals surface area contributed by atoms with E-state index in [0.717, 1.165) is 4.31 Å². The number of esters is 1. The summed E-state index contributed by atoms with van der Waals surface area (Å²) in [4.78, 5) is 12.1. The number of benzene rings is 1. The van der Waals surface area contributed by atoms with Crippen molar-refractivity contribution in [3.63, 3.8) is 0 Å². The molecule has 1 rings (SSSR count). The van der Waals surface area contributed by atoms with E-state index in [1.807, 2.05) is 0 Å². The van der Waals surface area contributed by atoms with Gasteiger partial charge in [0.05, 0.1) is 24.5 Å². The van der Waals surface area contributed by atoms with Gasteiger partial charge in [-0.1, -0.05) is 44.4 Å². The van der Waals surface area contributed by atoms with E-state index in [2.05, 4.69) is 32.8 Å². The van der Waals surface area contributed by atoms with Gasteiger partial charge in [-0.3, -0.25) is 0 Å². The first-order chi connectivity index (χ1) is 12.4. The molecule has 0 heterocycles. The Labute approximate surface area is 162 Å². The number of hydrogen-bond donors (Lipinski definition) is 0. The van der Waals surface area contributed by atoms with E-state index >= 15 is 0 Å². The van der Waals surface area contributed by atoms with Gasteiger partial charge >= 0.3 is 5.97 Å². The van der Waals surface area contributed by atoms with Crippen LogP contribution in [0.15, 0.2) is 49.1 Å². The minimum Gasteiger partial charge on any atom is -0.466 e. The van der Waals surface area contributed by atoms with E-state index in [4.69, 9.17) is 4.74 Å². The van der Waals surface area contributed by atoms with Crippen LogP contribution in [-0.2, 0) is 19.6 Å². The second kappa shape index (κ2) is 9.43. The molecule has 0 aromatic heterocycles. The summed E-state index contributed by atoms with van der Waals surface area (Å²) in [5.74, 6) is -1.34. The summed E-state index contributed by atoms with van der Waals surface area (Å²) in [7, 11) is -4.19. The highest BCUT2D eigenvalue weighted by Gasteiger charge is 2.35. The molecule has 0 aliphatic carbocycles. The van der Waals surface area contributed by atoms with Gasteiger partial charge in [-0.2, -0.15) is 4.31 Å². The van der Waals surface area contributed by atoms with Crippen molar-refractivity contribution in [3.05, 3.63) is 60.5 Å². The van der Waals surface area contributed by atoms with Crippen molar-refractivity contribution < 1.29 is 22.3 Å². The van der Waals surface area contributed by atoms with Gasteiger partial charge in [0.25, 0.3) is 0 Å². The highest BCUT2D eigenvalue weighted by molar-refractivity contribution is 7.89. The number of halogens is 1. The predicted molar refractivity (Wildman–Crippen MR) is 109 cm³/mol. The molecule has 0 N–H and O–H groups in total. The van der Waals surface area contributed by atoms with E-state index in [1.54, 1.807) is 6.07 Å². The fourth-order valence-electron chi connectivity index (χ4n) is 2.52. The topological polar surface area (TPSA) is 63.7 Å². The molecule has 8 heteroatoms. The number of rotatable bonds is 10. The standard InChI is InChI=1S/C19H28FNO4SSi/c1-7-11-21(26(23,24)12-13-27(4,5)6)18(15(2)19(22)25-3)16-9-8-10-17(20)14-16/h7-10,14,18H,1-2,11-13H2,3-6H3. The minimum absolute atomic E-state index is 0.0365. The highest BCUT2D eigenvalue weighted by atomic mass is 32.2. The Morgan fingerprint density at radius 2 is 2.00 bits per heavy atom. The molecule has 0 bridgehead atoms. The fourth-order valence-corrected chi connectivity index (χ4v) is 7.14. The lowest BCUT2D eigenvalue weighted by Gasteiger charge is -2.31. The number of carbonyl (C=O) groups excluding carboxylic acids is 1. The number of sulfonamides is 1. The Balaban J connectivity index is 3.46. The number of methoxy groups -OCH3 is 1. The third-order valence-electron chi connectivity index (χ3n) is 4.01. The number of carbonyl (C=O) groups is 1. The number of nitrogens with zero attached hydrogens (tertiary/aromatic N) is 1. The van der Waals surface area contributed by atoms with Crippen molar-refractivity contribution in [3.8, 4) is 0 Å². The first kappa shape index (κ1) is 23.3. The van der Waals surface area contributed by atoms with Gasteiger partial charge in [0.1, 0.15) is 5.82 Å². The molecule has 0 saturated carbocycles. The summed E-state index contributed by atoms with van der Waals surface area (Å²) >= 11 is 0. The zero-order valence-corrected chi connectivity index (χ0v) is 18.2. The minimum atomic E-state index is -3.76. The lowest BCUT2D eigenvalue weighted by Crippen LogP contribution is -2.40. The number of ether oxygens (including phenoxy) is 1. The first-order valence-corrected chi connectivity index (χ1v) is 13.9. The highest BCUT2D eigenvalue weighted by Crippen LogP contribution is 2.32. The largest absolute Gasteiger partial charge is 0.466 e. The predicted octanol–water partition coefficient (Wildman–Crippen LogP) is 3.75. The van der Waals surface area contributed by atoms with Crippen molar-refractivity contribution in [2.24, 2.45) is 0 Å². The summed E-state index contributed by atoms with van der Waals surface area (Å²) in [6, 6.07) is 4.96. The average molecular weight is 414 g/mol. The van der Waals surface area contributed by atoms with Crippen LogP contribution in [0.5, 0.6) is 0 Å². The monoisotopic (exact) mass is 413 g/mol. The Morgan fingerprint density at radius 1 is 1.37 bits per heavy atom. The Bertz CT molecular complexity index is 802. The van der Waals surface area contributed by atoms with E-state index < -0.39 is 35.9 Å². The molecule has 1 aromatic carbocycles. The van der Waals surface area contributed by atoms with Gasteiger partial charge in [0, 0.05) is 14.6 Å². The van der Waals surface area contributed by atoms with Crippen molar-refractivity contribution >= 4 is 24.1 Å². The van der Waals surface area contributed by atoms with Gasteiger partial charge in [-0.05, 0) is 23.7 Å². The molecule has 5 nitrogen and oxygen atoms in total. The molecule has 0 radical (unpaired) electrons. The first-order valence-electron chi connectivity index (χ1n) is 8.56. The van der Waals surface area contributed by atoms with Crippen LogP contribution in [0.2, 0.25) is 25.7 Å². The van der Waals surface area contributed by atoms with E-state index in [9.17, 15) is 17.6 Å². The molecule has 0 saturated heterocycles. The SMILES string of the molecule is C=CCN(C(C(=C)C(=O)OC)c1cccc(F)c1)S(=O)(=O)CC[Si](C)(C)C. The maximum Gasteiger partial charge on any atom is 0.335 e. The molecule has 0 fully saturated rings. The van der Waals surface area contributed by atoms with Crippen molar-refractivity contribution in [2.45, 2.75) is 31.7 Å². The van der Waals surface area contributed by atoms with Gasteiger partial charge in [-0.15, -0.1) is 6.58 Å². The van der Waals surface area contributed by atoms with Crippen LogP contribution < -0.4 is 0 Å². The smallest absolute Gasteiger partial charge is 0.335 e. The van der Waals surface area contributed by atoms with Gasteiger partial charge in [0.15, 0.2) is 0 Å². The summed E-state index contributed by atoms with van der Waals surface area (Å²) < 4.78 is 45.9. The molecule has 1 atom stereocenters. The third-order valence-corrected chi connectivity index (χ3v) is 7.91. The average Bonchev–Trinajstić information content (AvgIpc) is 2.58. The third kappa shape index (κ3) is 6.71. The lowest BCUT2D eigenvalue weighted by atomic mass is 9.99. The Hall–Kier alpha value is -1.77. The van der Waals surface area contributed by atoms with Crippen LogP contribution >= 0.6 is 0 Å². The summed E-state index contributed by atoms with van der Waals surface area (Å²) in [5.41, 5.74) is 0.227. The van der Waals surface area contributed by atoms with Crippen LogP contribution in [0, 0.1) is 5.82 Å². The normalized spacial score (nSPS) is 13.3. The second-order valence-corrected chi connectivity index (χ2v) is 15.1. The van der Waals surface area contributed by atoms with Crippen LogP contribution in [-0.4, -0.2) is 46.2 Å². The molecular weight excluding hydrogens is 385 g/mol. The van der Waals surface area contributed by atoms with Gasteiger partial charge in [-0.25, -0.2) is 17.6 Å². The molecule has 0 spiro atoms. The van der Waals surface area contributed by atoms with Crippen LogP contribution in [0.25, 0.3) is 0 Å². The fraction of sp³-hybridized carbons (Fsp3) is 0.421. The summed E-state index contributed by atoms with van der Waals surface area (Å²) in [5, 5.41) is 0. The molecule has 0 amide bonds. The molecule has 150 valence electrons. The van der Waals surface area contributed by atoms with E-state index in [0.29, 0.717) is 11.6 Å². The zero-order chi connectivity index (χ0) is 20.8. The van der Waals surface area contributed by atoms with Crippen LogP contribution in [0.1, 0.15) is 11.6 Å². The molecule has 1 aromatic rings. The Morgan fingerprint density at radius 3 is 2.48 bits per heavy atom. The quantitative estimate of drug-likeness (QED) is 0.254. The number of hydrogen-bond acceptors (Lipinski definition) is 4. The second-order valence-electron chi connectivity index (χ2n) is 7.46. The molecule has 0 aliphatic heterocycles. The molecule has 27 heavy (non-hydrogen) atoms. The van der Waals surface area contributed by atoms with Crippen molar-refractivity contribution in [1.82, 2.24) is 4.31 Å². The van der Waals surface area contributed by atoms with Gasteiger partial charge < -0.3 is 4.74 Å². The molecular formula is C19H28FNO4SSi. The zero-order valence-electron chi connectivity index (χ0n) is 16.4. The maximum atomic E-state index is 13.8. The summed E-state index contributed by atoms with van der Waals surface area (Å²) in [6.07, 6.45) is 1.43. The van der Waals surface area contributed by atoms with E-state index in [1.165, 1.54) is 31.4 Å². The lowest BCUT2D eigenvalue weighted by molar-refractivity contribution is -0.136. The maximum absolute atomic E-state index is 13.8. The van der Waals surface area contributed by atoms with Crippen LogP contribution in [0.3, 0.4) is 0 Å². The molecule has 0 aliphatic rings. The molecule has 1 unspecified atom stereocenters. The van der Waals surface area contributed by atoms with Gasteiger partial charge in [0.2, 0.25) is 10.0 Å². The van der Waals surface area contributed by atoms with E-state index in [-0.39, 0.29) is 17.9 Å². The Kier molecular flexibility index (Phi) is 8.13. The van der Waals surface area contributed by atoms with Crippen molar-refractivity contribution in [2.75, 3.05) is 19.4 Å². The van der Waals surface area contributed by atoms with Crippen molar-refractivity contribution in [1.29, 1.82) is 0 Å². The van der Waals surface area contributed by atoms with Crippen LogP contribution in [0.4, 0.5) is 4.39 Å². The summed E-state index contributed by atoms with van der Waals surface area (Å²) in [6.45, 7) is 13.6.